The second-order valence-electron chi connectivity index (χ2n) is 7.43. The van der Waals surface area contributed by atoms with Gasteiger partial charge in [-0.25, -0.2) is 9.18 Å². The summed E-state index contributed by atoms with van der Waals surface area (Å²) in [6.07, 6.45) is 6.23. The molecule has 26 heavy (non-hydrogen) atoms. The average Bonchev–Trinajstić information content (AvgIpc) is 2.69. The predicted octanol–water partition coefficient (Wildman–Crippen LogP) is 3.32. The molecule has 2 bridgehead atoms. The van der Waals surface area contributed by atoms with Gasteiger partial charge in [0.15, 0.2) is 0 Å². The van der Waals surface area contributed by atoms with Crippen LogP contribution in [-0.2, 0) is 14.9 Å². The van der Waals surface area contributed by atoms with Crippen molar-refractivity contribution >= 4 is 5.97 Å². The molecular weight excluding hydrogens is 337 g/mol. The number of carboxylic acid groups (broad SMARTS) is 1. The smallest absolute Gasteiger partial charge is 0.329 e. The number of carbonyl (C=O) groups is 1. The van der Waals surface area contributed by atoms with E-state index in [-0.39, 0.29) is 30.8 Å². The molecular formula is C20H26FNO4. The molecule has 6 heteroatoms. The number of hydrogen-bond donors (Lipinski definition) is 2. The summed E-state index contributed by atoms with van der Waals surface area (Å²) in [5.41, 5.74) is 7.03. The Kier molecular flexibility index (Phi) is 5.63. The van der Waals surface area contributed by atoms with E-state index in [1.54, 1.807) is 0 Å². The van der Waals surface area contributed by atoms with E-state index in [4.69, 9.17) is 20.3 Å². The zero-order valence-electron chi connectivity index (χ0n) is 14.9. The third kappa shape index (κ3) is 3.91. The van der Waals surface area contributed by atoms with Crippen molar-refractivity contribution in [2.75, 3.05) is 19.8 Å². The van der Waals surface area contributed by atoms with Crippen LogP contribution in [0.5, 0.6) is 5.75 Å². The molecule has 3 aliphatic carbocycles. The van der Waals surface area contributed by atoms with Gasteiger partial charge in [0.05, 0.1) is 11.9 Å². The second-order valence-corrected chi connectivity index (χ2v) is 7.43. The fourth-order valence-corrected chi connectivity index (χ4v) is 4.23. The minimum absolute atomic E-state index is 0.142. The van der Waals surface area contributed by atoms with Crippen LogP contribution in [0.1, 0.15) is 44.1 Å². The highest BCUT2D eigenvalue weighted by Gasteiger charge is 2.50. The number of fused-ring (bicyclic) bond motifs is 3. The maximum absolute atomic E-state index is 12.5. The molecule has 0 radical (unpaired) electrons. The van der Waals surface area contributed by atoms with E-state index in [1.165, 1.54) is 5.56 Å². The lowest BCUT2D eigenvalue weighted by atomic mass is 9.56. The van der Waals surface area contributed by atoms with Crippen molar-refractivity contribution in [2.24, 2.45) is 5.73 Å². The molecule has 142 valence electrons. The van der Waals surface area contributed by atoms with Crippen LogP contribution in [0.25, 0.3) is 0 Å². The van der Waals surface area contributed by atoms with E-state index in [1.807, 2.05) is 12.1 Å². The summed E-state index contributed by atoms with van der Waals surface area (Å²) in [5.74, 6) is -0.207. The van der Waals surface area contributed by atoms with E-state index in [2.05, 4.69) is 12.1 Å². The van der Waals surface area contributed by atoms with Gasteiger partial charge in [-0.1, -0.05) is 12.1 Å². The van der Waals surface area contributed by atoms with Crippen molar-refractivity contribution in [2.45, 2.75) is 49.5 Å². The highest BCUT2D eigenvalue weighted by atomic mass is 19.1. The zero-order valence-corrected chi connectivity index (χ0v) is 14.9. The molecule has 0 atom stereocenters. The number of carboxylic acids is 1. The van der Waals surface area contributed by atoms with Gasteiger partial charge in [0.25, 0.3) is 0 Å². The quantitative estimate of drug-likeness (QED) is 0.740. The Morgan fingerprint density at radius 2 is 1.73 bits per heavy atom. The fraction of sp³-hybridized carbons (Fsp3) is 0.550. The Hall–Kier alpha value is -1.92. The molecule has 1 aromatic carbocycles. The Labute approximate surface area is 153 Å². The Morgan fingerprint density at radius 1 is 1.12 bits per heavy atom. The third-order valence-electron chi connectivity index (χ3n) is 5.99. The predicted molar refractivity (Wildman–Crippen MR) is 95.9 cm³/mol. The average molecular weight is 363 g/mol. The van der Waals surface area contributed by atoms with Crippen molar-refractivity contribution in [1.29, 1.82) is 0 Å². The van der Waals surface area contributed by atoms with E-state index >= 15 is 0 Å². The van der Waals surface area contributed by atoms with Gasteiger partial charge in [0.2, 0.25) is 0 Å². The number of aliphatic carboxylic acids is 1. The monoisotopic (exact) mass is 363 g/mol. The topological polar surface area (TPSA) is 81.8 Å². The standard InChI is InChI=1S/C20H26FNO4/c21-11-15(12-22)13-25-17-3-1-16(2-4-17)19-5-8-20(9-6-19,10-7-19)26-14-18(23)24/h1-4,11H,5-10,12-14,22H2,(H,23,24)/b15-11+. The van der Waals surface area contributed by atoms with Gasteiger partial charge in [0.1, 0.15) is 19.0 Å². The molecule has 0 aromatic heterocycles. The molecule has 4 rings (SSSR count). The normalized spacial score (nSPS) is 28.2. The lowest BCUT2D eigenvalue weighted by Crippen LogP contribution is -2.50. The first-order chi connectivity index (χ1) is 12.5. The van der Waals surface area contributed by atoms with Gasteiger partial charge in [-0.2, -0.15) is 0 Å². The van der Waals surface area contributed by atoms with Gasteiger partial charge >= 0.3 is 5.97 Å². The number of halogens is 1. The van der Waals surface area contributed by atoms with Crippen LogP contribution in [0.2, 0.25) is 0 Å². The highest BCUT2D eigenvalue weighted by Crippen LogP contribution is 2.55. The van der Waals surface area contributed by atoms with Crippen LogP contribution in [0.4, 0.5) is 4.39 Å². The van der Waals surface area contributed by atoms with E-state index in [9.17, 15) is 9.18 Å². The molecule has 0 aliphatic heterocycles. The van der Waals surface area contributed by atoms with Gasteiger partial charge in [0, 0.05) is 12.1 Å². The molecule has 0 unspecified atom stereocenters. The van der Waals surface area contributed by atoms with Crippen molar-refractivity contribution in [3.8, 4) is 5.75 Å². The Morgan fingerprint density at radius 3 is 2.23 bits per heavy atom. The fourth-order valence-electron chi connectivity index (χ4n) is 4.23. The lowest BCUT2D eigenvalue weighted by Gasteiger charge is -2.53. The van der Waals surface area contributed by atoms with Gasteiger partial charge in [-0.15, -0.1) is 0 Å². The number of nitrogens with two attached hydrogens (primary N) is 1. The maximum Gasteiger partial charge on any atom is 0.329 e. The largest absolute Gasteiger partial charge is 0.489 e. The summed E-state index contributed by atoms with van der Waals surface area (Å²) in [6.45, 7) is 0.0848. The van der Waals surface area contributed by atoms with Gasteiger partial charge in [-0.3, -0.25) is 0 Å². The maximum atomic E-state index is 12.5. The van der Waals surface area contributed by atoms with Crippen molar-refractivity contribution < 1.29 is 23.8 Å². The number of rotatable bonds is 8. The van der Waals surface area contributed by atoms with E-state index in [0.29, 0.717) is 17.7 Å². The molecule has 3 N–H and O–H groups in total. The van der Waals surface area contributed by atoms with Crippen LogP contribution >= 0.6 is 0 Å². The van der Waals surface area contributed by atoms with Gasteiger partial charge < -0.3 is 20.3 Å². The summed E-state index contributed by atoms with van der Waals surface area (Å²) in [4.78, 5) is 10.8. The Balaban J connectivity index is 1.61. The number of ether oxygens (including phenoxy) is 2. The van der Waals surface area contributed by atoms with Crippen LogP contribution in [0.3, 0.4) is 0 Å². The summed E-state index contributed by atoms with van der Waals surface area (Å²) in [7, 11) is 0. The number of hydrogen-bond acceptors (Lipinski definition) is 4. The lowest BCUT2D eigenvalue weighted by molar-refractivity contribution is -0.160. The van der Waals surface area contributed by atoms with Crippen molar-refractivity contribution in [3.05, 3.63) is 41.7 Å². The third-order valence-corrected chi connectivity index (χ3v) is 5.99. The van der Waals surface area contributed by atoms with Crippen LogP contribution in [-0.4, -0.2) is 36.4 Å². The second kappa shape index (κ2) is 7.76. The summed E-state index contributed by atoms with van der Waals surface area (Å²) >= 11 is 0. The summed E-state index contributed by atoms with van der Waals surface area (Å²) < 4.78 is 23.8. The molecule has 3 fully saturated rings. The first-order valence-corrected chi connectivity index (χ1v) is 9.08. The molecule has 0 spiro atoms. The van der Waals surface area contributed by atoms with E-state index in [0.717, 1.165) is 38.5 Å². The molecule has 0 amide bonds. The first-order valence-electron chi connectivity index (χ1n) is 9.08. The summed E-state index contributed by atoms with van der Waals surface area (Å²) in [5, 5.41) is 8.86. The number of benzene rings is 1. The minimum atomic E-state index is -0.905. The van der Waals surface area contributed by atoms with Crippen molar-refractivity contribution in [1.82, 2.24) is 0 Å². The van der Waals surface area contributed by atoms with Crippen LogP contribution in [0, 0.1) is 0 Å². The van der Waals surface area contributed by atoms with Crippen LogP contribution < -0.4 is 10.5 Å². The first kappa shape index (κ1) is 18.9. The van der Waals surface area contributed by atoms with Gasteiger partial charge in [-0.05, 0) is 61.6 Å². The molecule has 0 heterocycles. The minimum Gasteiger partial charge on any atom is -0.489 e. The molecule has 5 nitrogen and oxygen atoms in total. The zero-order chi connectivity index (χ0) is 18.6. The molecule has 1 aromatic rings. The molecule has 3 aliphatic rings. The van der Waals surface area contributed by atoms with Crippen LogP contribution in [0.15, 0.2) is 36.2 Å². The Bertz CT molecular complexity index is 646. The highest BCUT2D eigenvalue weighted by molar-refractivity contribution is 5.68. The van der Waals surface area contributed by atoms with E-state index < -0.39 is 5.97 Å². The van der Waals surface area contributed by atoms with Crippen molar-refractivity contribution in [3.63, 3.8) is 0 Å². The molecule has 0 saturated heterocycles. The SMILES string of the molecule is NC/C(=C\F)COc1ccc(C23CCC(OCC(=O)O)(CC2)CC3)cc1. The summed E-state index contributed by atoms with van der Waals surface area (Å²) in [6, 6.07) is 8.03. The molecule has 3 saturated carbocycles.